The molecule has 0 spiro atoms. The number of nitrogens with two attached hydrogens (primary N) is 1. The molecule has 3 N–H and O–H groups in total. The molecule has 0 fully saturated rings. The van der Waals surface area contributed by atoms with Gasteiger partial charge in [-0.05, 0) is 24.6 Å². The average Bonchev–Trinajstić information content (AvgIpc) is 2.36. The number of carbonyl (C=O) groups excluding carboxylic acids is 1. The van der Waals surface area contributed by atoms with Gasteiger partial charge in [0.05, 0.1) is 12.1 Å². The van der Waals surface area contributed by atoms with E-state index in [1.807, 2.05) is 26.8 Å². The van der Waals surface area contributed by atoms with Crippen LogP contribution < -0.4 is 15.8 Å². The highest BCUT2D eigenvalue weighted by Crippen LogP contribution is 2.19. The van der Waals surface area contributed by atoms with Crippen molar-refractivity contribution in [3.63, 3.8) is 0 Å². The molecule has 0 bridgehead atoms. The molecule has 0 aliphatic carbocycles. The summed E-state index contributed by atoms with van der Waals surface area (Å²) >= 11 is 4.96. The summed E-state index contributed by atoms with van der Waals surface area (Å²) in [7, 11) is 1.58. The Kier molecular flexibility index (Phi) is 4.89. The first-order valence-electron chi connectivity index (χ1n) is 6.00. The van der Waals surface area contributed by atoms with Crippen LogP contribution in [-0.2, 0) is 0 Å². The Morgan fingerprint density at radius 3 is 2.63 bits per heavy atom. The second kappa shape index (κ2) is 6.02. The van der Waals surface area contributed by atoms with Gasteiger partial charge in [0.1, 0.15) is 5.75 Å². The van der Waals surface area contributed by atoms with Crippen molar-refractivity contribution in [2.75, 3.05) is 13.7 Å². The number of methoxy groups -OCH3 is 1. The highest BCUT2D eigenvalue weighted by atomic mass is 32.1. The largest absolute Gasteiger partial charge is 0.496 e. The number of rotatable bonds is 5. The zero-order chi connectivity index (χ0) is 14.6. The minimum absolute atomic E-state index is 0.164. The van der Waals surface area contributed by atoms with Crippen LogP contribution in [0.25, 0.3) is 0 Å². The smallest absolute Gasteiger partial charge is 0.251 e. The molecule has 0 unspecified atom stereocenters. The number of aryl methyl sites for hydroxylation is 1. The molecule has 4 nitrogen and oxygen atoms in total. The highest BCUT2D eigenvalue weighted by molar-refractivity contribution is 7.80. The van der Waals surface area contributed by atoms with Crippen LogP contribution in [0.5, 0.6) is 5.75 Å². The van der Waals surface area contributed by atoms with Crippen molar-refractivity contribution in [1.82, 2.24) is 5.32 Å². The summed E-state index contributed by atoms with van der Waals surface area (Å²) in [6.45, 7) is 6.12. The van der Waals surface area contributed by atoms with Crippen molar-refractivity contribution in [2.45, 2.75) is 20.8 Å². The normalized spacial score (nSPS) is 10.9. The first-order chi connectivity index (χ1) is 8.77. The predicted octanol–water partition coefficient (Wildman–Crippen LogP) is 2.05. The summed E-state index contributed by atoms with van der Waals surface area (Å²) in [6.07, 6.45) is 0. The molecular weight excluding hydrogens is 260 g/mol. The molecule has 5 heteroatoms. The van der Waals surface area contributed by atoms with E-state index in [1.54, 1.807) is 19.2 Å². The molecule has 0 saturated heterocycles. The minimum atomic E-state index is -0.403. The Morgan fingerprint density at radius 2 is 2.11 bits per heavy atom. The van der Waals surface area contributed by atoms with Crippen LogP contribution in [0.2, 0.25) is 0 Å². The minimum Gasteiger partial charge on any atom is -0.496 e. The zero-order valence-corrected chi connectivity index (χ0v) is 12.6. The van der Waals surface area contributed by atoms with E-state index in [9.17, 15) is 4.79 Å². The van der Waals surface area contributed by atoms with Gasteiger partial charge < -0.3 is 15.8 Å². The summed E-state index contributed by atoms with van der Waals surface area (Å²) in [5.41, 5.74) is 6.76. The van der Waals surface area contributed by atoms with Crippen molar-refractivity contribution < 1.29 is 9.53 Å². The number of amides is 1. The molecule has 0 aliphatic heterocycles. The van der Waals surface area contributed by atoms with Gasteiger partial charge in [0, 0.05) is 17.5 Å². The van der Waals surface area contributed by atoms with Crippen LogP contribution in [0.4, 0.5) is 0 Å². The lowest BCUT2D eigenvalue weighted by Crippen LogP contribution is -2.41. The lowest BCUT2D eigenvalue weighted by molar-refractivity contribution is 0.0944. The molecule has 0 aromatic heterocycles. The molecule has 1 rings (SSSR count). The van der Waals surface area contributed by atoms with E-state index >= 15 is 0 Å². The third kappa shape index (κ3) is 3.92. The maximum atomic E-state index is 12.0. The molecule has 0 radical (unpaired) electrons. The van der Waals surface area contributed by atoms with Crippen LogP contribution >= 0.6 is 12.2 Å². The molecule has 0 heterocycles. The van der Waals surface area contributed by atoms with E-state index in [0.717, 1.165) is 5.56 Å². The van der Waals surface area contributed by atoms with E-state index in [4.69, 9.17) is 22.7 Å². The number of ether oxygens (including phenoxy) is 1. The maximum Gasteiger partial charge on any atom is 0.251 e. The summed E-state index contributed by atoms with van der Waals surface area (Å²) < 4.78 is 5.20. The standard InChI is InChI=1S/C14H20N2O2S/c1-9-5-6-10(7-11(9)18-4)12(17)16-8-14(2,3)13(15)19/h5-7H,8H2,1-4H3,(H2,15,19)(H,16,17). The molecule has 104 valence electrons. The van der Waals surface area contributed by atoms with Crippen molar-refractivity contribution in [3.8, 4) is 5.75 Å². The molecule has 0 aliphatic rings. The van der Waals surface area contributed by atoms with Gasteiger partial charge in [-0.15, -0.1) is 0 Å². The second-order valence-corrected chi connectivity index (χ2v) is 5.56. The van der Waals surface area contributed by atoms with Crippen LogP contribution in [0.15, 0.2) is 18.2 Å². The molecule has 19 heavy (non-hydrogen) atoms. The van der Waals surface area contributed by atoms with Crippen molar-refractivity contribution in [2.24, 2.45) is 11.1 Å². The van der Waals surface area contributed by atoms with Crippen LogP contribution in [-0.4, -0.2) is 24.6 Å². The van der Waals surface area contributed by atoms with Gasteiger partial charge in [-0.3, -0.25) is 4.79 Å². The Bertz CT molecular complexity index is 498. The summed E-state index contributed by atoms with van der Waals surface area (Å²) in [5, 5.41) is 2.83. The Balaban J connectivity index is 2.77. The first kappa shape index (κ1) is 15.4. The number of hydrogen-bond acceptors (Lipinski definition) is 3. The lowest BCUT2D eigenvalue weighted by atomic mass is 9.93. The predicted molar refractivity (Wildman–Crippen MR) is 80.6 cm³/mol. The van der Waals surface area contributed by atoms with Crippen molar-refractivity contribution in [3.05, 3.63) is 29.3 Å². The Morgan fingerprint density at radius 1 is 1.47 bits per heavy atom. The van der Waals surface area contributed by atoms with Crippen molar-refractivity contribution in [1.29, 1.82) is 0 Å². The molecule has 1 aromatic carbocycles. The summed E-state index contributed by atoms with van der Waals surface area (Å²) in [5.74, 6) is 0.531. The van der Waals surface area contributed by atoms with E-state index < -0.39 is 5.41 Å². The fourth-order valence-electron chi connectivity index (χ4n) is 1.45. The average molecular weight is 280 g/mol. The monoisotopic (exact) mass is 280 g/mol. The molecule has 0 saturated carbocycles. The topological polar surface area (TPSA) is 64.3 Å². The van der Waals surface area contributed by atoms with Gasteiger partial charge in [-0.2, -0.15) is 0 Å². The van der Waals surface area contributed by atoms with Crippen molar-refractivity contribution >= 4 is 23.1 Å². The van der Waals surface area contributed by atoms with E-state index in [1.165, 1.54) is 0 Å². The molecule has 0 atom stereocenters. The highest BCUT2D eigenvalue weighted by Gasteiger charge is 2.22. The van der Waals surface area contributed by atoms with E-state index in [2.05, 4.69) is 5.32 Å². The number of hydrogen-bond donors (Lipinski definition) is 2. The van der Waals surface area contributed by atoms with Gasteiger partial charge in [0.2, 0.25) is 0 Å². The third-order valence-corrected chi connectivity index (χ3v) is 3.58. The molecular formula is C14H20N2O2S. The third-order valence-electron chi connectivity index (χ3n) is 3.03. The number of thiocarbonyl (C=S) groups is 1. The van der Waals surface area contributed by atoms with Crippen LogP contribution in [0.1, 0.15) is 29.8 Å². The van der Waals surface area contributed by atoms with Gasteiger partial charge in [-0.25, -0.2) is 0 Å². The van der Waals surface area contributed by atoms with Crippen LogP contribution in [0.3, 0.4) is 0 Å². The van der Waals surface area contributed by atoms with E-state index in [0.29, 0.717) is 22.8 Å². The fourth-order valence-corrected chi connectivity index (χ4v) is 1.52. The van der Waals surface area contributed by atoms with E-state index in [-0.39, 0.29) is 5.91 Å². The first-order valence-corrected chi connectivity index (χ1v) is 6.41. The SMILES string of the molecule is COc1cc(C(=O)NCC(C)(C)C(N)=S)ccc1C. The lowest BCUT2D eigenvalue weighted by Gasteiger charge is -2.23. The van der Waals surface area contributed by atoms with Gasteiger partial charge in [0.15, 0.2) is 0 Å². The van der Waals surface area contributed by atoms with Gasteiger partial charge >= 0.3 is 0 Å². The quantitative estimate of drug-likeness (QED) is 0.810. The number of benzene rings is 1. The molecule has 1 aromatic rings. The van der Waals surface area contributed by atoms with Crippen LogP contribution in [0, 0.1) is 12.3 Å². The fraction of sp³-hybridized carbons (Fsp3) is 0.429. The summed E-state index contributed by atoms with van der Waals surface area (Å²) in [6, 6.07) is 5.34. The number of nitrogens with one attached hydrogen (secondary N) is 1. The van der Waals surface area contributed by atoms with Gasteiger partial charge in [0.25, 0.3) is 5.91 Å². The molecule has 1 amide bonds. The maximum absolute atomic E-state index is 12.0. The summed E-state index contributed by atoms with van der Waals surface area (Å²) in [4.78, 5) is 12.4. The Labute approximate surface area is 119 Å². The Hall–Kier alpha value is -1.62. The van der Waals surface area contributed by atoms with Gasteiger partial charge in [-0.1, -0.05) is 32.1 Å². The second-order valence-electron chi connectivity index (χ2n) is 5.12. The zero-order valence-electron chi connectivity index (χ0n) is 11.7. The number of carbonyl (C=O) groups is 1.